The molecule has 3 fully saturated rings. The van der Waals surface area contributed by atoms with Crippen molar-refractivity contribution in [3.63, 3.8) is 0 Å². The van der Waals surface area contributed by atoms with Crippen molar-refractivity contribution in [1.82, 2.24) is 0 Å². The molecule has 0 unspecified atom stereocenters. The van der Waals surface area contributed by atoms with Crippen LogP contribution < -0.4 is 0 Å². The first kappa shape index (κ1) is 25.6. The van der Waals surface area contributed by atoms with Gasteiger partial charge in [0.2, 0.25) is 5.79 Å². The van der Waals surface area contributed by atoms with E-state index in [1.165, 1.54) is 30.4 Å². The van der Waals surface area contributed by atoms with Gasteiger partial charge in [-0.25, -0.2) is 0 Å². The molecular formula is C30H38O6. The topological polar surface area (TPSA) is 55.4 Å². The molecule has 6 nitrogen and oxygen atoms in total. The van der Waals surface area contributed by atoms with E-state index in [4.69, 9.17) is 28.4 Å². The molecule has 2 aromatic carbocycles. The maximum absolute atomic E-state index is 6.51. The standard InChI is InChI=1S/C30H38O6/c1-4-5-6-7-11-14-26-34-25-20-32-30(21-33-29(2,3)36-30)28(27(25)35-26)31-19-22-15-17-24(18-16-22)23-12-9-8-10-13-23/h8-18,25-28H,4-7,19-21H2,1-3H3/b14-11+/t25-,26+,27-,28+,30+/m1/s1. The Balaban J connectivity index is 1.28. The average Bonchev–Trinajstić information content (AvgIpc) is 3.44. The van der Waals surface area contributed by atoms with Crippen molar-refractivity contribution >= 4 is 0 Å². The van der Waals surface area contributed by atoms with E-state index in [9.17, 15) is 0 Å². The van der Waals surface area contributed by atoms with Crippen molar-refractivity contribution in [2.24, 2.45) is 0 Å². The Labute approximate surface area is 214 Å². The van der Waals surface area contributed by atoms with Gasteiger partial charge in [0.25, 0.3) is 0 Å². The molecule has 194 valence electrons. The van der Waals surface area contributed by atoms with Crippen LogP contribution in [0.5, 0.6) is 0 Å². The summed E-state index contributed by atoms with van der Waals surface area (Å²) < 4.78 is 37.5. The van der Waals surface area contributed by atoms with Crippen LogP contribution in [-0.4, -0.2) is 49.4 Å². The number of ether oxygens (including phenoxy) is 6. The molecule has 6 heteroatoms. The molecule has 2 aromatic rings. The van der Waals surface area contributed by atoms with Crippen LogP contribution in [0.3, 0.4) is 0 Å². The number of allylic oxidation sites excluding steroid dienone is 1. The van der Waals surface area contributed by atoms with Gasteiger partial charge in [0.1, 0.15) is 24.9 Å². The van der Waals surface area contributed by atoms with E-state index in [1.54, 1.807) is 0 Å². The van der Waals surface area contributed by atoms with E-state index < -0.39 is 24.0 Å². The lowest BCUT2D eigenvalue weighted by atomic mass is 9.97. The van der Waals surface area contributed by atoms with Crippen LogP contribution in [0.15, 0.2) is 66.7 Å². The van der Waals surface area contributed by atoms with Crippen LogP contribution in [0.1, 0.15) is 52.0 Å². The minimum absolute atomic E-state index is 0.223. The van der Waals surface area contributed by atoms with Gasteiger partial charge in [-0.1, -0.05) is 80.4 Å². The molecule has 0 aliphatic carbocycles. The molecule has 36 heavy (non-hydrogen) atoms. The summed E-state index contributed by atoms with van der Waals surface area (Å²) in [5, 5.41) is 0. The Morgan fingerprint density at radius 3 is 2.44 bits per heavy atom. The fourth-order valence-corrected chi connectivity index (χ4v) is 5.08. The van der Waals surface area contributed by atoms with E-state index in [-0.39, 0.29) is 18.8 Å². The van der Waals surface area contributed by atoms with Gasteiger partial charge in [-0.15, -0.1) is 0 Å². The Morgan fingerprint density at radius 1 is 0.944 bits per heavy atom. The first-order valence-electron chi connectivity index (χ1n) is 13.2. The predicted molar refractivity (Wildman–Crippen MR) is 137 cm³/mol. The number of benzene rings is 2. The molecule has 0 bridgehead atoms. The third-order valence-corrected chi connectivity index (χ3v) is 6.99. The summed E-state index contributed by atoms with van der Waals surface area (Å²) in [5.41, 5.74) is 3.43. The summed E-state index contributed by atoms with van der Waals surface area (Å²) in [6, 6.07) is 18.8. The van der Waals surface area contributed by atoms with Gasteiger partial charge in [0.05, 0.1) is 13.2 Å². The highest BCUT2D eigenvalue weighted by Gasteiger charge is 2.62. The van der Waals surface area contributed by atoms with Gasteiger partial charge in [0.15, 0.2) is 12.1 Å². The SMILES string of the molecule is CCCCC/C=C/[C@@H]1O[C@@H]2[C@@H](CO[C@]3(COC(C)(C)O3)[C@H]2OCc2ccc(-c3ccccc3)cc2)O1. The molecule has 5 rings (SSSR count). The zero-order chi connectivity index (χ0) is 25.0. The van der Waals surface area contributed by atoms with Crippen LogP contribution in [0.2, 0.25) is 0 Å². The lowest BCUT2D eigenvalue weighted by Crippen LogP contribution is -2.62. The normalized spacial score (nSPS) is 31.3. The smallest absolute Gasteiger partial charge is 0.224 e. The van der Waals surface area contributed by atoms with Crippen LogP contribution in [0.25, 0.3) is 11.1 Å². The van der Waals surface area contributed by atoms with Gasteiger partial charge < -0.3 is 28.4 Å². The molecule has 3 heterocycles. The van der Waals surface area contributed by atoms with Gasteiger partial charge in [-0.2, -0.15) is 0 Å². The largest absolute Gasteiger partial charge is 0.365 e. The van der Waals surface area contributed by atoms with Crippen LogP contribution >= 0.6 is 0 Å². The minimum atomic E-state index is -1.03. The van der Waals surface area contributed by atoms with Gasteiger partial charge in [-0.05, 0) is 49.5 Å². The summed E-state index contributed by atoms with van der Waals surface area (Å²) in [4.78, 5) is 0. The zero-order valence-corrected chi connectivity index (χ0v) is 21.6. The molecule has 3 aliphatic heterocycles. The highest BCUT2D eigenvalue weighted by molar-refractivity contribution is 5.63. The number of rotatable bonds is 9. The van der Waals surface area contributed by atoms with Crippen LogP contribution in [0, 0.1) is 0 Å². The first-order chi connectivity index (χ1) is 17.5. The zero-order valence-electron chi connectivity index (χ0n) is 21.6. The van der Waals surface area contributed by atoms with E-state index in [0.717, 1.165) is 12.0 Å². The van der Waals surface area contributed by atoms with E-state index in [2.05, 4.69) is 49.4 Å². The summed E-state index contributed by atoms with van der Waals surface area (Å²) in [7, 11) is 0. The molecular weight excluding hydrogens is 456 g/mol. The molecule has 3 saturated heterocycles. The lowest BCUT2D eigenvalue weighted by molar-refractivity contribution is -0.335. The van der Waals surface area contributed by atoms with Crippen molar-refractivity contribution in [2.75, 3.05) is 13.2 Å². The second-order valence-electron chi connectivity index (χ2n) is 10.3. The molecule has 0 aromatic heterocycles. The van der Waals surface area contributed by atoms with Crippen molar-refractivity contribution in [3.8, 4) is 11.1 Å². The van der Waals surface area contributed by atoms with Gasteiger partial charge >= 0.3 is 0 Å². The minimum Gasteiger partial charge on any atom is -0.365 e. The maximum Gasteiger partial charge on any atom is 0.224 e. The van der Waals surface area contributed by atoms with Crippen LogP contribution in [0.4, 0.5) is 0 Å². The highest BCUT2D eigenvalue weighted by Crippen LogP contribution is 2.44. The van der Waals surface area contributed by atoms with Crippen molar-refractivity contribution in [3.05, 3.63) is 72.3 Å². The highest BCUT2D eigenvalue weighted by atomic mass is 16.9. The van der Waals surface area contributed by atoms with Crippen molar-refractivity contribution in [2.45, 2.75) is 89.2 Å². The molecule has 1 spiro atoms. The second kappa shape index (κ2) is 11.1. The Hall–Kier alpha value is -2.06. The van der Waals surface area contributed by atoms with Crippen LogP contribution in [-0.2, 0) is 35.0 Å². The number of hydrogen-bond acceptors (Lipinski definition) is 6. The third-order valence-electron chi connectivity index (χ3n) is 6.99. The molecule has 0 N–H and O–H groups in total. The molecule has 0 saturated carbocycles. The number of hydrogen-bond donors (Lipinski definition) is 0. The Morgan fingerprint density at radius 2 is 1.72 bits per heavy atom. The van der Waals surface area contributed by atoms with E-state index in [0.29, 0.717) is 13.2 Å². The van der Waals surface area contributed by atoms with Crippen molar-refractivity contribution in [1.29, 1.82) is 0 Å². The predicted octanol–water partition coefficient (Wildman–Crippen LogP) is 5.99. The molecule has 0 radical (unpaired) electrons. The third kappa shape index (κ3) is 5.75. The van der Waals surface area contributed by atoms with Gasteiger partial charge in [0, 0.05) is 0 Å². The fraction of sp³-hybridized carbons (Fsp3) is 0.533. The number of unbranched alkanes of at least 4 members (excludes halogenated alkanes) is 3. The van der Waals surface area contributed by atoms with Crippen molar-refractivity contribution < 1.29 is 28.4 Å². The quantitative estimate of drug-likeness (QED) is 0.315. The number of fused-ring (bicyclic) bond motifs is 1. The summed E-state index contributed by atoms with van der Waals surface area (Å²) >= 11 is 0. The average molecular weight is 495 g/mol. The summed E-state index contributed by atoms with van der Waals surface area (Å²) in [6.45, 7) is 7.05. The summed E-state index contributed by atoms with van der Waals surface area (Å²) in [6.07, 6.45) is 7.35. The Bertz CT molecular complexity index is 1000. The first-order valence-corrected chi connectivity index (χ1v) is 13.2. The molecule has 5 atom stereocenters. The second-order valence-corrected chi connectivity index (χ2v) is 10.3. The van der Waals surface area contributed by atoms with E-state index in [1.807, 2.05) is 38.1 Å². The lowest BCUT2D eigenvalue weighted by Gasteiger charge is -2.43. The fourth-order valence-electron chi connectivity index (χ4n) is 5.08. The maximum atomic E-state index is 6.51. The summed E-state index contributed by atoms with van der Waals surface area (Å²) in [5.74, 6) is -1.79. The van der Waals surface area contributed by atoms with E-state index >= 15 is 0 Å². The monoisotopic (exact) mass is 494 g/mol. The Kier molecular flexibility index (Phi) is 7.91. The molecule has 3 aliphatic rings. The molecule has 0 amide bonds. The van der Waals surface area contributed by atoms with Gasteiger partial charge in [-0.3, -0.25) is 0 Å².